The zero-order chi connectivity index (χ0) is 9.84. The van der Waals surface area contributed by atoms with Gasteiger partial charge in [-0.3, -0.25) is 0 Å². The van der Waals surface area contributed by atoms with Crippen LogP contribution in [0.25, 0.3) is 5.47 Å². The molecule has 0 radical (unpaired) electrons. The van der Waals surface area contributed by atoms with Crippen LogP contribution in [0.3, 0.4) is 0 Å². The molecule has 0 aliphatic heterocycles. The summed E-state index contributed by atoms with van der Waals surface area (Å²) in [5.74, 6) is 0.666. The largest absolute Gasteiger partial charge is 0.497 e. The van der Waals surface area contributed by atoms with E-state index in [1.807, 2.05) is 0 Å². The molecule has 0 bridgehead atoms. The van der Waals surface area contributed by atoms with Crippen LogP contribution >= 0.6 is 0 Å². The first-order valence-corrected chi connectivity index (χ1v) is 3.84. The van der Waals surface area contributed by atoms with Crippen molar-refractivity contribution in [1.29, 1.82) is 0 Å². The third-order valence-electron chi connectivity index (χ3n) is 1.75. The second-order valence-electron chi connectivity index (χ2n) is 2.63. The molecule has 1 rings (SSSR count). The van der Waals surface area contributed by atoms with E-state index in [2.05, 4.69) is 6.58 Å². The molecule has 0 heterocycles. The average Bonchev–Trinajstić information content (AvgIpc) is 2.16. The fourth-order valence-electron chi connectivity index (χ4n) is 0.972. The molecule has 1 aromatic carbocycles. The molecule has 0 spiro atoms. The number of rotatable bonds is 3. The molecule has 0 saturated heterocycles. The van der Waals surface area contributed by atoms with E-state index in [4.69, 9.17) is 14.8 Å². The van der Waals surface area contributed by atoms with Crippen LogP contribution in [0.1, 0.15) is 5.56 Å². The Morgan fingerprint density at radius 3 is 2.69 bits per heavy atom. The first kappa shape index (κ1) is 9.83. The summed E-state index contributed by atoms with van der Waals surface area (Å²) in [6, 6.07) is 6.98. The minimum Gasteiger partial charge on any atom is -0.497 e. The van der Waals surface area contributed by atoms with E-state index in [1.165, 1.54) is 0 Å². The van der Waals surface area contributed by atoms with Crippen LogP contribution in [0, 0.1) is 0 Å². The van der Waals surface area contributed by atoms with Crippen LogP contribution in [-0.4, -0.2) is 24.3 Å². The maximum absolute atomic E-state index is 8.85. The molecule has 0 aliphatic rings. The highest BCUT2D eigenvalue weighted by molar-refractivity contribution is 6.65. The topological polar surface area (TPSA) is 49.7 Å². The maximum Gasteiger partial charge on any atom is 0.488 e. The van der Waals surface area contributed by atoms with Gasteiger partial charge in [0.2, 0.25) is 0 Å². The van der Waals surface area contributed by atoms with E-state index in [1.54, 1.807) is 31.4 Å². The monoisotopic (exact) mass is 178 g/mol. The molecule has 68 valence electrons. The quantitative estimate of drug-likeness (QED) is 0.670. The van der Waals surface area contributed by atoms with Crippen molar-refractivity contribution in [1.82, 2.24) is 0 Å². The van der Waals surface area contributed by atoms with Gasteiger partial charge in [-0.2, -0.15) is 0 Å². The van der Waals surface area contributed by atoms with Crippen LogP contribution in [-0.2, 0) is 0 Å². The Hall–Kier alpha value is -1.26. The third-order valence-corrected chi connectivity index (χ3v) is 1.75. The van der Waals surface area contributed by atoms with Crippen molar-refractivity contribution in [3.63, 3.8) is 0 Å². The van der Waals surface area contributed by atoms with Crippen molar-refractivity contribution >= 4 is 12.6 Å². The van der Waals surface area contributed by atoms with Crippen molar-refractivity contribution < 1.29 is 14.8 Å². The summed E-state index contributed by atoms with van der Waals surface area (Å²) in [5, 5.41) is 17.7. The van der Waals surface area contributed by atoms with E-state index in [9.17, 15) is 0 Å². The Kier molecular flexibility index (Phi) is 3.11. The lowest BCUT2D eigenvalue weighted by molar-refractivity contribution is 0.414. The number of hydrogen-bond acceptors (Lipinski definition) is 3. The van der Waals surface area contributed by atoms with Gasteiger partial charge in [0, 0.05) is 0 Å². The van der Waals surface area contributed by atoms with Gasteiger partial charge >= 0.3 is 7.12 Å². The molecule has 1 aromatic rings. The molecule has 0 fully saturated rings. The van der Waals surface area contributed by atoms with Crippen LogP contribution in [0.4, 0.5) is 0 Å². The maximum atomic E-state index is 8.85. The highest BCUT2D eigenvalue weighted by Crippen LogP contribution is 2.18. The van der Waals surface area contributed by atoms with E-state index < -0.39 is 7.12 Å². The Balaban J connectivity index is 2.95. The van der Waals surface area contributed by atoms with Crippen LogP contribution in [0.5, 0.6) is 5.75 Å². The van der Waals surface area contributed by atoms with Crippen molar-refractivity contribution in [3.05, 3.63) is 36.4 Å². The predicted octanol–water partition coefficient (Wildman–Crippen LogP) is 0.720. The van der Waals surface area contributed by atoms with Gasteiger partial charge in [0.1, 0.15) is 5.75 Å². The van der Waals surface area contributed by atoms with Crippen LogP contribution in [0.2, 0.25) is 0 Å². The predicted molar refractivity (Wildman–Crippen MR) is 52.2 cm³/mol. The van der Waals surface area contributed by atoms with Gasteiger partial charge in [-0.25, -0.2) is 0 Å². The van der Waals surface area contributed by atoms with E-state index in [-0.39, 0.29) is 5.47 Å². The lowest BCUT2D eigenvalue weighted by Crippen LogP contribution is -2.13. The first-order valence-electron chi connectivity index (χ1n) is 3.84. The smallest absolute Gasteiger partial charge is 0.488 e. The van der Waals surface area contributed by atoms with Crippen molar-refractivity contribution in [2.24, 2.45) is 0 Å². The third kappa shape index (κ3) is 2.34. The summed E-state index contributed by atoms with van der Waals surface area (Å²) < 4.78 is 4.98. The molecule has 2 N–H and O–H groups in total. The molecule has 4 heteroatoms. The molecule has 0 saturated carbocycles. The lowest BCUT2D eigenvalue weighted by Gasteiger charge is -2.06. The van der Waals surface area contributed by atoms with Gasteiger partial charge in [0.25, 0.3) is 0 Å². The molecule has 0 unspecified atom stereocenters. The molecule has 0 aliphatic carbocycles. The number of methoxy groups -OCH3 is 1. The van der Waals surface area contributed by atoms with Gasteiger partial charge in [-0.15, -0.1) is 0 Å². The Bertz CT molecular complexity index is 309. The summed E-state index contributed by atoms with van der Waals surface area (Å²) in [6.45, 7) is 3.54. The van der Waals surface area contributed by atoms with Crippen molar-refractivity contribution in [2.45, 2.75) is 0 Å². The summed E-state index contributed by atoms with van der Waals surface area (Å²) >= 11 is 0. The van der Waals surface area contributed by atoms with Crippen LogP contribution < -0.4 is 4.74 Å². The van der Waals surface area contributed by atoms with E-state index >= 15 is 0 Å². The highest BCUT2D eigenvalue weighted by atomic mass is 16.5. The summed E-state index contributed by atoms with van der Waals surface area (Å²) in [7, 11) is 0.0316. The Labute approximate surface area is 77.4 Å². The fraction of sp³-hybridized carbons (Fsp3) is 0.111. The number of hydrogen-bond donors (Lipinski definition) is 2. The zero-order valence-corrected chi connectivity index (χ0v) is 7.40. The van der Waals surface area contributed by atoms with Gasteiger partial charge in [0.15, 0.2) is 0 Å². The van der Waals surface area contributed by atoms with Gasteiger partial charge in [-0.05, 0) is 23.2 Å². The zero-order valence-electron chi connectivity index (χ0n) is 7.40. The summed E-state index contributed by atoms with van der Waals surface area (Å²) in [6.07, 6.45) is 0. The minimum atomic E-state index is -1.52. The molecule has 0 amide bonds. The van der Waals surface area contributed by atoms with E-state index in [0.29, 0.717) is 11.3 Å². The molecular weight excluding hydrogens is 167 g/mol. The molecule has 3 nitrogen and oxygen atoms in total. The van der Waals surface area contributed by atoms with Gasteiger partial charge in [0.05, 0.1) is 7.11 Å². The lowest BCUT2D eigenvalue weighted by atomic mass is 9.76. The number of benzene rings is 1. The SMILES string of the molecule is C=C(B(O)O)c1cccc(OC)c1. The number of ether oxygens (including phenoxy) is 1. The van der Waals surface area contributed by atoms with Crippen molar-refractivity contribution in [2.75, 3.05) is 7.11 Å². The Morgan fingerprint density at radius 1 is 1.46 bits per heavy atom. The molecule has 13 heavy (non-hydrogen) atoms. The molecule has 0 atom stereocenters. The normalized spacial score (nSPS) is 9.46. The minimum absolute atomic E-state index is 0.263. The highest BCUT2D eigenvalue weighted by Gasteiger charge is 2.14. The first-order chi connectivity index (χ1) is 6.15. The molecular formula is C9H11BO3. The second kappa shape index (κ2) is 4.12. The van der Waals surface area contributed by atoms with E-state index in [0.717, 1.165) is 0 Å². The second-order valence-corrected chi connectivity index (χ2v) is 2.63. The van der Waals surface area contributed by atoms with Crippen molar-refractivity contribution in [3.8, 4) is 5.75 Å². The summed E-state index contributed by atoms with van der Waals surface area (Å²) in [4.78, 5) is 0. The Morgan fingerprint density at radius 2 is 2.15 bits per heavy atom. The average molecular weight is 178 g/mol. The summed E-state index contributed by atoms with van der Waals surface area (Å²) in [5.41, 5.74) is 0.924. The van der Waals surface area contributed by atoms with Gasteiger partial charge < -0.3 is 14.8 Å². The van der Waals surface area contributed by atoms with Crippen LogP contribution in [0.15, 0.2) is 30.8 Å². The van der Waals surface area contributed by atoms with Gasteiger partial charge in [-0.1, -0.05) is 18.7 Å². The standard InChI is InChI=1S/C9H11BO3/c1-7(10(11)12)8-4-3-5-9(6-8)13-2/h3-6,11-12H,1H2,2H3. The molecule has 0 aromatic heterocycles. The fourth-order valence-corrected chi connectivity index (χ4v) is 0.972.